The minimum Gasteiger partial charge on any atom is -0.478 e. The van der Waals surface area contributed by atoms with Crippen LogP contribution in [0.15, 0.2) is 48.5 Å². The number of aromatic carboxylic acids is 1. The van der Waals surface area contributed by atoms with Gasteiger partial charge in [-0.25, -0.2) is 9.18 Å². The molecular formula is C22H17ClFIN4O5. The fourth-order valence-electron chi connectivity index (χ4n) is 3.01. The number of nitrogens with zero attached hydrogens (tertiary/aromatic N) is 2. The van der Waals surface area contributed by atoms with E-state index in [2.05, 4.69) is 10.6 Å². The van der Waals surface area contributed by atoms with Gasteiger partial charge in [0.1, 0.15) is 0 Å². The van der Waals surface area contributed by atoms with Crippen LogP contribution in [-0.2, 0) is 0 Å². The Hall–Kier alpha value is -3.45. The number of carbonyl (C=O) groups excluding carboxylic acids is 1. The molecule has 12 heteroatoms. The van der Waals surface area contributed by atoms with Crippen molar-refractivity contribution in [1.82, 2.24) is 4.90 Å². The zero-order valence-electron chi connectivity index (χ0n) is 17.7. The molecule has 0 aliphatic carbocycles. The lowest BCUT2D eigenvalue weighted by molar-refractivity contribution is -0.384. The molecule has 0 aliphatic rings. The fourth-order valence-corrected chi connectivity index (χ4v) is 3.92. The number of nitrogens with one attached hydrogen (secondary N) is 2. The van der Waals surface area contributed by atoms with E-state index in [1.165, 1.54) is 35.2 Å². The summed E-state index contributed by atoms with van der Waals surface area (Å²) in [6.07, 6.45) is 0. The smallest absolute Gasteiger partial charge is 0.338 e. The van der Waals surface area contributed by atoms with Crippen molar-refractivity contribution >= 4 is 74.5 Å². The highest BCUT2D eigenvalue weighted by molar-refractivity contribution is 14.1. The van der Waals surface area contributed by atoms with Gasteiger partial charge in [0.05, 0.1) is 26.9 Å². The van der Waals surface area contributed by atoms with E-state index < -0.39 is 39.3 Å². The number of carboxylic acids is 1. The number of halogens is 3. The van der Waals surface area contributed by atoms with E-state index in [0.717, 1.165) is 9.64 Å². The van der Waals surface area contributed by atoms with Gasteiger partial charge in [-0.15, -0.1) is 0 Å². The van der Waals surface area contributed by atoms with Crippen LogP contribution >= 0.6 is 34.2 Å². The highest BCUT2D eigenvalue weighted by atomic mass is 127. The zero-order valence-corrected chi connectivity index (χ0v) is 20.6. The summed E-state index contributed by atoms with van der Waals surface area (Å²) in [5, 5.41) is 26.7. The lowest BCUT2D eigenvalue weighted by Crippen LogP contribution is -2.21. The van der Waals surface area contributed by atoms with Crippen LogP contribution in [0.4, 0.5) is 32.8 Å². The minimum atomic E-state index is -1.57. The second-order valence-electron chi connectivity index (χ2n) is 7.22. The van der Waals surface area contributed by atoms with Crippen LogP contribution in [0, 0.1) is 19.5 Å². The maximum absolute atomic E-state index is 15.6. The number of rotatable bonds is 7. The van der Waals surface area contributed by atoms with E-state index in [1.807, 2.05) is 22.6 Å². The number of nitro benzene ring substituents is 1. The van der Waals surface area contributed by atoms with Crippen LogP contribution in [-0.4, -0.2) is 40.9 Å². The molecule has 0 unspecified atom stereocenters. The number of carboxylic acid groups (broad SMARTS) is 1. The van der Waals surface area contributed by atoms with Crippen molar-refractivity contribution in [2.24, 2.45) is 0 Å². The van der Waals surface area contributed by atoms with Crippen LogP contribution in [0.5, 0.6) is 0 Å². The van der Waals surface area contributed by atoms with Gasteiger partial charge in [-0.3, -0.25) is 14.9 Å². The summed E-state index contributed by atoms with van der Waals surface area (Å²) in [5.41, 5.74) is -1.64. The molecule has 0 saturated carbocycles. The molecule has 3 rings (SSSR count). The Kier molecular flexibility index (Phi) is 7.57. The number of benzene rings is 3. The first-order chi connectivity index (χ1) is 16.0. The molecule has 0 radical (unpaired) electrons. The summed E-state index contributed by atoms with van der Waals surface area (Å²) in [6, 6.07) is 11.4. The van der Waals surface area contributed by atoms with Crippen molar-refractivity contribution in [2.75, 3.05) is 24.7 Å². The van der Waals surface area contributed by atoms with Gasteiger partial charge in [-0.2, -0.15) is 0 Å². The van der Waals surface area contributed by atoms with E-state index in [9.17, 15) is 24.8 Å². The summed E-state index contributed by atoms with van der Waals surface area (Å²) in [5.74, 6) is -3.01. The van der Waals surface area contributed by atoms with Crippen LogP contribution in [0.2, 0.25) is 5.02 Å². The summed E-state index contributed by atoms with van der Waals surface area (Å²) in [4.78, 5) is 36.0. The minimum absolute atomic E-state index is 0.205. The molecule has 176 valence electrons. The Balaban J connectivity index is 2.10. The van der Waals surface area contributed by atoms with Crippen molar-refractivity contribution in [1.29, 1.82) is 0 Å². The van der Waals surface area contributed by atoms with E-state index in [4.69, 9.17) is 11.6 Å². The topological polar surface area (TPSA) is 125 Å². The van der Waals surface area contributed by atoms with Gasteiger partial charge in [0, 0.05) is 35.0 Å². The molecule has 0 fully saturated rings. The molecule has 1 amide bonds. The molecule has 0 aromatic heterocycles. The Morgan fingerprint density at radius 1 is 1.09 bits per heavy atom. The molecule has 0 spiro atoms. The summed E-state index contributed by atoms with van der Waals surface area (Å²) < 4.78 is 16.4. The Morgan fingerprint density at radius 2 is 1.74 bits per heavy atom. The summed E-state index contributed by atoms with van der Waals surface area (Å²) in [6.45, 7) is 0. The van der Waals surface area contributed by atoms with Crippen LogP contribution in [0.1, 0.15) is 20.7 Å². The van der Waals surface area contributed by atoms with Crippen molar-refractivity contribution < 1.29 is 24.0 Å². The summed E-state index contributed by atoms with van der Waals surface area (Å²) in [7, 11) is 3.18. The number of hydrogen-bond acceptors (Lipinski definition) is 6. The SMILES string of the molecule is CN(C)C(=O)c1ccc(Nc2c([N+](=O)[O-])cc(C(=O)O)c(Nc3ccc(I)cc3Cl)c2F)cc1. The normalized spacial score (nSPS) is 10.5. The van der Waals surface area contributed by atoms with Gasteiger partial charge in [-0.1, -0.05) is 11.6 Å². The third-order valence-corrected chi connectivity index (χ3v) is 5.65. The first-order valence-electron chi connectivity index (χ1n) is 9.54. The third kappa shape index (κ3) is 5.37. The second-order valence-corrected chi connectivity index (χ2v) is 8.87. The van der Waals surface area contributed by atoms with Gasteiger partial charge in [-0.05, 0) is 65.1 Å². The van der Waals surface area contributed by atoms with Crippen molar-refractivity contribution in [3.05, 3.63) is 84.2 Å². The highest BCUT2D eigenvalue weighted by Gasteiger charge is 2.28. The Morgan fingerprint density at radius 3 is 2.26 bits per heavy atom. The molecule has 34 heavy (non-hydrogen) atoms. The van der Waals surface area contributed by atoms with Crippen LogP contribution < -0.4 is 10.6 Å². The summed E-state index contributed by atoms with van der Waals surface area (Å²) >= 11 is 8.21. The monoisotopic (exact) mass is 598 g/mol. The quantitative estimate of drug-likeness (QED) is 0.176. The van der Waals surface area contributed by atoms with Gasteiger partial charge >= 0.3 is 5.97 Å². The van der Waals surface area contributed by atoms with E-state index in [-0.39, 0.29) is 22.3 Å². The molecule has 3 aromatic carbocycles. The van der Waals surface area contributed by atoms with Gasteiger partial charge in [0.15, 0.2) is 11.5 Å². The van der Waals surface area contributed by atoms with Crippen molar-refractivity contribution in [3.63, 3.8) is 0 Å². The predicted octanol–water partition coefficient (Wildman–Crippen LogP) is 5.88. The Labute approximate surface area is 211 Å². The average molecular weight is 599 g/mol. The molecule has 0 heterocycles. The maximum atomic E-state index is 15.6. The molecule has 0 aliphatic heterocycles. The largest absolute Gasteiger partial charge is 0.478 e. The lowest BCUT2D eigenvalue weighted by Gasteiger charge is -2.16. The molecule has 0 bridgehead atoms. The molecule has 3 aromatic rings. The zero-order chi connectivity index (χ0) is 25.2. The highest BCUT2D eigenvalue weighted by Crippen LogP contribution is 2.40. The number of anilines is 4. The third-order valence-electron chi connectivity index (χ3n) is 4.67. The predicted molar refractivity (Wildman–Crippen MR) is 135 cm³/mol. The van der Waals surface area contributed by atoms with E-state index in [1.54, 1.807) is 26.2 Å². The number of hydrogen-bond donors (Lipinski definition) is 3. The molecular weight excluding hydrogens is 582 g/mol. The van der Waals surface area contributed by atoms with Crippen LogP contribution in [0.3, 0.4) is 0 Å². The van der Waals surface area contributed by atoms with E-state index >= 15 is 4.39 Å². The second kappa shape index (κ2) is 10.2. The molecule has 0 saturated heterocycles. The Bertz CT molecular complexity index is 1300. The number of amides is 1. The lowest BCUT2D eigenvalue weighted by atomic mass is 10.1. The fraction of sp³-hybridized carbons (Fsp3) is 0.0909. The van der Waals surface area contributed by atoms with Crippen molar-refractivity contribution in [3.8, 4) is 0 Å². The average Bonchev–Trinajstić information content (AvgIpc) is 2.77. The molecule has 3 N–H and O–H groups in total. The standard InChI is InChI=1S/C22H17ClFIN4O5/c1-28(2)21(30)11-3-6-13(7-4-11)26-20-17(29(33)34)10-14(22(31)32)19(18(20)24)27-16-8-5-12(25)9-15(16)23/h3-10,26-27H,1-2H3,(H,31,32). The first kappa shape index (κ1) is 25.2. The number of carbonyl (C=O) groups is 2. The van der Waals surface area contributed by atoms with Crippen LogP contribution in [0.25, 0.3) is 0 Å². The first-order valence-corrected chi connectivity index (χ1v) is 11.0. The molecule has 0 atom stereocenters. The molecule has 9 nitrogen and oxygen atoms in total. The maximum Gasteiger partial charge on any atom is 0.338 e. The van der Waals surface area contributed by atoms with Crippen molar-refractivity contribution in [2.45, 2.75) is 0 Å². The number of nitro groups is 1. The van der Waals surface area contributed by atoms with Gasteiger partial charge in [0.25, 0.3) is 11.6 Å². The van der Waals surface area contributed by atoms with Gasteiger partial charge < -0.3 is 20.6 Å². The van der Waals surface area contributed by atoms with E-state index in [0.29, 0.717) is 5.56 Å². The van der Waals surface area contributed by atoms with Gasteiger partial charge in [0.2, 0.25) is 0 Å².